The predicted molar refractivity (Wildman–Crippen MR) is 84.6 cm³/mol. The zero-order chi connectivity index (χ0) is 14.9. The largest absolute Gasteiger partial charge is 0.329 e. The quantitative estimate of drug-likeness (QED) is 0.917. The summed E-state index contributed by atoms with van der Waals surface area (Å²) in [6, 6.07) is 5.75. The van der Waals surface area contributed by atoms with Gasteiger partial charge in [-0.2, -0.15) is 0 Å². The summed E-state index contributed by atoms with van der Waals surface area (Å²) in [4.78, 5) is 2.47. The molecule has 2 nitrogen and oxygen atoms in total. The average Bonchev–Trinajstić information content (AvgIpc) is 2.94. The van der Waals surface area contributed by atoms with Crippen LogP contribution in [0.4, 0.5) is 4.39 Å². The van der Waals surface area contributed by atoms with Crippen molar-refractivity contribution in [2.75, 3.05) is 19.6 Å². The molecular formula is C18H27FN2. The minimum atomic E-state index is -0.116. The second-order valence-electron chi connectivity index (χ2n) is 7.00. The van der Waals surface area contributed by atoms with Crippen molar-refractivity contribution in [1.82, 2.24) is 4.90 Å². The van der Waals surface area contributed by atoms with Crippen LogP contribution in [0.5, 0.6) is 0 Å². The van der Waals surface area contributed by atoms with Crippen molar-refractivity contribution in [3.05, 3.63) is 35.1 Å². The molecule has 21 heavy (non-hydrogen) atoms. The minimum absolute atomic E-state index is 0.116. The van der Waals surface area contributed by atoms with Crippen LogP contribution in [-0.4, -0.2) is 24.5 Å². The molecule has 2 fully saturated rings. The maximum atomic E-state index is 13.8. The van der Waals surface area contributed by atoms with E-state index in [-0.39, 0.29) is 11.9 Å². The highest BCUT2D eigenvalue weighted by Crippen LogP contribution is 2.47. The smallest absolute Gasteiger partial charge is 0.126 e. The highest BCUT2D eigenvalue weighted by atomic mass is 19.1. The zero-order valence-electron chi connectivity index (χ0n) is 13.1. The van der Waals surface area contributed by atoms with Crippen LogP contribution in [0.3, 0.4) is 0 Å². The SMILES string of the molecule is Cc1ccc(C(CN)N2CCC3(CCCC3)CC2)cc1F. The molecule has 0 amide bonds. The lowest BCUT2D eigenvalue weighted by Crippen LogP contribution is -2.43. The number of piperidine rings is 1. The molecule has 0 radical (unpaired) electrons. The maximum absolute atomic E-state index is 13.8. The van der Waals surface area contributed by atoms with Gasteiger partial charge in [0, 0.05) is 12.6 Å². The van der Waals surface area contributed by atoms with Gasteiger partial charge < -0.3 is 5.73 Å². The van der Waals surface area contributed by atoms with Crippen molar-refractivity contribution in [1.29, 1.82) is 0 Å². The van der Waals surface area contributed by atoms with Gasteiger partial charge in [0.25, 0.3) is 0 Å². The van der Waals surface area contributed by atoms with Crippen LogP contribution in [-0.2, 0) is 0 Å². The lowest BCUT2D eigenvalue weighted by atomic mass is 9.76. The standard InChI is InChI=1S/C18H27FN2/c1-14-4-5-15(12-16(14)19)17(13-20)21-10-8-18(9-11-21)6-2-3-7-18/h4-5,12,17H,2-3,6-11,13,20H2,1H3. The number of aryl methyl sites for hydroxylation is 1. The van der Waals surface area contributed by atoms with Gasteiger partial charge >= 0.3 is 0 Å². The fraction of sp³-hybridized carbons (Fsp3) is 0.667. The molecule has 2 aliphatic rings. The van der Waals surface area contributed by atoms with E-state index >= 15 is 0 Å². The van der Waals surface area contributed by atoms with E-state index < -0.39 is 0 Å². The third-order valence-electron chi connectivity index (χ3n) is 5.77. The van der Waals surface area contributed by atoms with Crippen LogP contribution in [0.2, 0.25) is 0 Å². The van der Waals surface area contributed by atoms with Crippen molar-refractivity contribution in [2.45, 2.75) is 51.5 Å². The highest BCUT2D eigenvalue weighted by Gasteiger charge is 2.38. The number of halogens is 1. The summed E-state index contributed by atoms with van der Waals surface area (Å²) in [5.74, 6) is -0.116. The molecule has 1 aliphatic carbocycles. The van der Waals surface area contributed by atoms with Crippen LogP contribution in [0.1, 0.15) is 55.7 Å². The van der Waals surface area contributed by atoms with Gasteiger partial charge in [0.2, 0.25) is 0 Å². The summed E-state index contributed by atoms with van der Waals surface area (Å²) in [6.45, 7) is 4.59. The Balaban J connectivity index is 1.70. The maximum Gasteiger partial charge on any atom is 0.126 e. The molecule has 1 spiro atoms. The van der Waals surface area contributed by atoms with E-state index in [4.69, 9.17) is 5.73 Å². The topological polar surface area (TPSA) is 29.3 Å². The molecular weight excluding hydrogens is 263 g/mol. The molecule has 1 heterocycles. The molecule has 1 saturated carbocycles. The molecule has 3 rings (SSSR count). The van der Waals surface area contributed by atoms with Crippen LogP contribution in [0.15, 0.2) is 18.2 Å². The molecule has 2 N–H and O–H groups in total. The van der Waals surface area contributed by atoms with E-state index in [1.54, 1.807) is 13.0 Å². The number of nitrogens with two attached hydrogens (primary N) is 1. The molecule has 1 saturated heterocycles. The molecule has 1 aliphatic heterocycles. The van der Waals surface area contributed by atoms with Crippen LogP contribution in [0.25, 0.3) is 0 Å². The minimum Gasteiger partial charge on any atom is -0.329 e. The van der Waals surface area contributed by atoms with Gasteiger partial charge in [0.15, 0.2) is 0 Å². The van der Waals surface area contributed by atoms with Crippen molar-refractivity contribution in [3.63, 3.8) is 0 Å². The van der Waals surface area contributed by atoms with E-state index in [0.29, 0.717) is 17.5 Å². The van der Waals surface area contributed by atoms with Crippen LogP contribution in [0, 0.1) is 18.2 Å². The fourth-order valence-corrected chi connectivity index (χ4v) is 4.25. The number of hydrogen-bond acceptors (Lipinski definition) is 2. The number of nitrogens with zero attached hydrogens (tertiary/aromatic N) is 1. The first-order chi connectivity index (χ1) is 10.1. The molecule has 1 aromatic rings. The van der Waals surface area contributed by atoms with Crippen LogP contribution < -0.4 is 5.73 Å². The predicted octanol–water partition coefficient (Wildman–Crippen LogP) is 3.79. The fourth-order valence-electron chi connectivity index (χ4n) is 4.25. The van der Waals surface area contributed by atoms with Crippen molar-refractivity contribution in [3.8, 4) is 0 Å². The van der Waals surface area contributed by atoms with E-state index in [9.17, 15) is 4.39 Å². The second kappa shape index (κ2) is 6.05. The Bertz CT molecular complexity index is 484. The average molecular weight is 290 g/mol. The van der Waals surface area contributed by atoms with Crippen molar-refractivity contribution in [2.24, 2.45) is 11.1 Å². The number of benzene rings is 1. The van der Waals surface area contributed by atoms with E-state index in [2.05, 4.69) is 4.90 Å². The third-order valence-corrected chi connectivity index (χ3v) is 5.77. The van der Waals surface area contributed by atoms with Crippen LogP contribution >= 0.6 is 0 Å². The highest BCUT2D eigenvalue weighted by molar-refractivity contribution is 5.26. The van der Waals surface area contributed by atoms with Gasteiger partial charge in [-0.3, -0.25) is 4.90 Å². The summed E-state index contributed by atoms with van der Waals surface area (Å²) < 4.78 is 13.8. The zero-order valence-corrected chi connectivity index (χ0v) is 13.1. The Morgan fingerprint density at radius 2 is 1.86 bits per heavy atom. The summed E-state index contributed by atoms with van der Waals surface area (Å²) in [6.07, 6.45) is 8.21. The number of likely N-dealkylation sites (tertiary alicyclic amines) is 1. The third kappa shape index (κ3) is 3.00. The summed E-state index contributed by atoms with van der Waals surface area (Å²) in [7, 11) is 0. The van der Waals surface area contributed by atoms with Crippen molar-refractivity contribution < 1.29 is 4.39 Å². The number of hydrogen-bond donors (Lipinski definition) is 1. The van der Waals surface area contributed by atoms with E-state index in [0.717, 1.165) is 18.7 Å². The van der Waals surface area contributed by atoms with E-state index in [1.807, 2.05) is 12.1 Å². The van der Waals surface area contributed by atoms with E-state index in [1.165, 1.54) is 38.5 Å². The second-order valence-corrected chi connectivity index (χ2v) is 7.00. The van der Waals surface area contributed by atoms with Gasteiger partial charge in [-0.1, -0.05) is 25.0 Å². The Morgan fingerprint density at radius 3 is 2.43 bits per heavy atom. The normalized spacial score (nSPS) is 23.6. The van der Waals surface area contributed by atoms with Gasteiger partial charge in [-0.15, -0.1) is 0 Å². The lowest BCUT2D eigenvalue weighted by molar-refractivity contribution is 0.0779. The molecule has 1 aromatic carbocycles. The Labute approximate surface area is 127 Å². The van der Waals surface area contributed by atoms with Gasteiger partial charge in [0.1, 0.15) is 5.82 Å². The first-order valence-electron chi connectivity index (χ1n) is 8.34. The Kier molecular flexibility index (Phi) is 4.32. The first kappa shape index (κ1) is 15.0. The Hall–Kier alpha value is -0.930. The molecule has 3 heteroatoms. The molecule has 1 atom stereocenters. The molecule has 0 aromatic heterocycles. The summed E-state index contributed by atoms with van der Waals surface area (Å²) >= 11 is 0. The summed E-state index contributed by atoms with van der Waals surface area (Å²) in [5, 5.41) is 0. The van der Waals surface area contributed by atoms with Crippen molar-refractivity contribution >= 4 is 0 Å². The summed E-state index contributed by atoms with van der Waals surface area (Å²) in [5.41, 5.74) is 8.36. The lowest BCUT2D eigenvalue weighted by Gasteiger charge is -2.42. The molecule has 1 unspecified atom stereocenters. The number of rotatable bonds is 3. The van der Waals surface area contributed by atoms with Gasteiger partial charge in [0.05, 0.1) is 0 Å². The first-order valence-corrected chi connectivity index (χ1v) is 8.34. The Morgan fingerprint density at radius 1 is 1.19 bits per heavy atom. The monoisotopic (exact) mass is 290 g/mol. The van der Waals surface area contributed by atoms with Gasteiger partial charge in [-0.25, -0.2) is 4.39 Å². The molecule has 116 valence electrons. The molecule has 0 bridgehead atoms. The van der Waals surface area contributed by atoms with Gasteiger partial charge in [-0.05, 0) is 68.3 Å².